The van der Waals surface area contributed by atoms with Crippen LogP contribution in [0.3, 0.4) is 0 Å². The van der Waals surface area contributed by atoms with E-state index in [1.54, 1.807) is 13.3 Å². The molecule has 4 rings (SSSR count). The largest absolute Gasteiger partial charge is 0.496 e. The van der Waals surface area contributed by atoms with Crippen molar-refractivity contribution in [2.75, 3.05) is 25.1 Å². The van der Waals surface area contributed by atoms with Crippen LogP contribution >= 0.6 is 0 Å². The van der Waals surface area contributed by atoms with Gasteiger partial charge in [-0.25, -0.2) is 0 Å². The maximum absolute atomic E-state index is 12.1. The number of hydrogen-bond donors (Lipinski definition) is 0. The molecular formula is C22H26N2O3. The monoisotopic (exact) mass is 366 g/mol. The molecule has 5 nitrogen and oxygen atoms in total. The van der Waals surface area contributed by atoms with Gasteiger partial charge in [0.2, 0.25) is 0 Å². The highest BCUT2D eigenvalue weighted by Crippen LogP contribution is 2.37. The molecule has 1 aromatic carbocycles. The number of anilines is 1. The Balaban J connectivity index is 1.65. The summed E-state index contributed by atoms with van der Waals surface area (Å²) < 4.78 is 11.5. The zero-order valence-corrected chi connectivity index (χ0v) is 16.2. The number of rotatable bonds is 3. The number of Topliss-reactive ketones (excluding diaryl/α,β-unsaturated/α-hetero) is 1. The van der Waals surface area contributed by atoms with Gasteiger partial charge >= 0.3 is 0 Å². The molecule has 27 heavy (non-hydrogen) atoms. The van der Waals surface area contributed by atoms with Gasteiger partial charge in [0.25, 0.3) is 0 Å². The van der Waals surface area contributed by atoms with Crippen LogP contribution in [0.1, 0.15) is 42.7 Å². The number of carbonyl (C=O) groups excluding carboxylic acids is 1. The minimum atomic E-state index is 0.118. The predicted molar refractivity (Wildman–Crippen MR) is 106 cm³/mol. The van der Waals surface area contributed by atoms with Gasteiger partial charge in [-0.15, -0.1) is 0 Å². The molecule has 0 saturated carbocycles. The van der Waals surface area contributed by atoms with E-state index in [9.17, 15) is 4.79 Å². The van der Waals surface area contributed by atoms with Gasteiger partial charge in [-0.1, -0.05) is 12.1 Å². The molecule has 0 amide bonds. The van der Waals surface area contributed by atoms with Crippen LogP contribution in [0.4, 0.5) is 5.69 Å². The standard InChI is InChI=1S/C22H26N2O3/c1-14-12-24(13-15(2)27-14)17-9-7-16(8-10-17)19-11-23-21-18(22(19)26-3)5-4-6-20(21)25/h7-11,14-15H,4-6,12-13H2,1-3H3/t14-,15+. The van der Waals surface area contributed by atoms with Gasteiger partial charge in [-0.05, 0) is 44.4 Å². The van der Waals surface area contributed by atoms with Crippen LogP contribution in [0, 0.1) is 0 Å². The number of benzene rings is 1. The van der Waals surface area contributed by atoms with E-state index in [0.717, 1.165) is 48.4 Å². The lowest BCUT2D eigenvalue weighted by Gasteiger charge is -2.37. The molecule has 1 aromatic heterocycles. The van der Waals surface area contributed by atoms with Crippen LogP contribution in [-0.2, 0) is 11.2 Å². The third-order valence-corrected chi connectivity index (χ3v) is 5.39. The first-order valence-electron chi connectivity index (χ1n) is 9.66. The van der Waals surface area contributed by atoms with Crippen molar-refractivity contribution < 1.29 is 14.3 Å². The molecule has 0 radical (unpaired) electrons. The minimum Gasteiger partial charge on any atom is -0.496 e. The number of nitrogens with zero attached hydrogens (tertiary/aromatic N) is 2. The Morgan fingerprint density at radius 2 is 1.81 bits per heavy atom. The SMILES string of the molecule is COc1c(-c2ccc(N3C[C@@H](C)O[C@@H](C)C3)cc2)cnc2c1CCCC2=O. The first-order valence-corrected chi connectivity index (χ1v) is 9.66. The molecule has 1 aliphatic carbocycles. The van der Waals surface area contributed by atoms with Crippen molar-refractivity contribution >= 4 is 11.5 Å². The van der Waals surface area contributed by atoms with Crippen molar-refractivity contribution in [3.05, 3.63) is 41.7 Å². The number of aromatic nitrogens is 1. The molecule has 2 atom stereocenters. The second-order valence-electron chi connectivity index (χ2n) is 7.52. The molecule has 1 aliphatic heterocycles. The summed E-state index contributed by atoms with van der Waals surface area (Å²) in [5.41, 5.74) is 4.72. The van der Waals surface area contributed by atoms with Crippen molar-refractivity contribution in [2.24, 2.45) is 0 Å². The van der Waals surface area contributed by atoms with E-state index in [1.165, 1.54) is 5.69 Å². The van der Waals surface area contributed by atoms with E-state index < -0.39 is 0 Å². The lowest BCUT2D eigenvalue weighted by molar-refractivity contribution is -0.00521. The Morgan fingerprint density at radius 1 is 1.11 bits per heavy atom. The van der Waals surface area contributed by atoms with Crippen LogP contribution < -0.4 is 9.64 Å². The molecule has 142 valence electrons. The average Bonchev–Trinajstić information content (AvgIpc) is 2.67. The Kier molecular flexibility index (Phi) is 4.87. The van der Waals surface area contributed by atoms with E-state index in [-0.39, 0.29) is 18.0 Å². The molecule has 0 N–H and O–H groups in total. The highest BCUT2D eigenvalue weighted by molar-refractivity contribution is 5.98. The second kappa shape index (κ2) is 7.31. The second-order valence-corrected chi connectivity index (χ2v) is 7.52. The van der Waals surface area contributed by atoms with Gasteiger partial charge < -0.3 is 14.4 Å². The summed E-state index contributed by atoms with van der Waals surface area (Å²) in [5.74, 6) is 0.904. The van der Waals surface area contributed by atoms with E-state index in [0.29, 0.717) is 12.1 Å². The van der Waals surface area contributed by atoms with Crippen LogP contribution in [-0.4, -0.2) is 43.2 Å². The van der Waals surface area contributed by atoms with Crippen LogP contribution in [0.25, 0.3) is 11.1 Å². The Bertz CT molecular complexity index is 837. The average molecular weight is 366 g/mol. The number of carbonyl (C=O) groups is 1. The van der Waals surface area contributed by atoms with Crippen molar-refractivity contribution in [1.29, 1.82) is 0 Å². The molecule has 0 unspecified atom stereocenters. The number of hydrogen-bond acceptors (Lipinski definition) is 5. The van der Waals surface area contributed by atoms with Gasteiger partial charge in [0.05, 0.1) is 19.3 Å². The van der Waals surface area contributed by atoms with E-state index in [1.807, 2.05) is 0 Å². The van der Waals surface area contributed by atoms with Gasteiger partial charge in [0, 0.05) is 42.5 Å². The van der Waals surface area contributed by atoms with Crippen molar-refractivity contribution in [3.8, 4) is 16.9 Å². The molecule has 0 bridgehead atoms. The summed E-state index contributed by atoms with van der Waals surface area (Å²) in [5, 5.41) is 0. The fourth-order valence-electron chi connectivity index (χ4n) is 4.23. The Morgan fingerprint density at radius 3 is 2.48 bits per heavy atom. The van der Waals surface area contributed by atoms with Crippen LogP contribution in [0.15, 0.2) is 30.5 Å². The lowest BCUT2D eigenvalue weighted by Crippen LogP contribution is -2.45. The van der Waals surface area contributed by atoms with Gasteiger partial charge in [0.1, 0.15) is 11.4 Å². The van der Waals surface area contributed by atoms with Crippen molar-refractivity contribution in [1.82, 2.24) is 4.98 Å². The molecular weight excluding hydrogens is 340 g/mol. The molecule has 5 heteroatoms. The maximum Gasteiger partial charge on any atom is 0.181 e. The van der Waals surface area contributed by atoms with E-state index in [2.05, 4.69) is 48.0 Å². The van der Waals surface area contributed by atoms with Gasteiger partial charge in [-0.2, -0.15) is 0 Å². The number of ether oxygens (including phenoxy) is 2. The molecule has 2 aliphatic rings. The summed E-state index contributed by atoms with van der Waals surface area (Å²) in [6, 6.07) is 8.50. The maximum atomic E-state index is 12.1. The Labute approximate surface area is 160 Å². The third-order valence-electron chi connectivity index (χ3n) is 5.39. The number of methoxy groups -OCH3 is 1. The van der Waals surface area contributed by atoms with Crippen molar-refractivity contribution in [2.45, 2.75) is 45.3 Å². The zero-order chi connectivity index (χ0) is 19.0. The number of morpholine rings is 1. The highest BCUT2D eigenvalue weighted by atomic mass is 16.5. The topological polar surface area (TPSA) is 51.7 Å². The van der Waals surface area contributed by atoms with Gasteiger partial charge in [0.15, 0.2) is 5.78 Å². The number of ketones is 1. The third kappa shape index (κ3) is 3.44. The van der Waals surface area contributed by atoms with E-state index >= 15 is 0 Å². The van der Waals surface area contributed by atoms with Crippen LogP contribution in [0.5, 0.6) is 5.75 Å². The summed E-state index contributed by atoms with van der Waals surface area (Å²) >= 11 is 0. The summed E-state index contributed by atoms with van der Waals surface area (Å²) in [4.78, 5) is 19.0. The number of fused-ring (bicyclic) bond motifs is 1. The normalized spacial score (nSPS) is 22.5. The first-order chi connectivity index (χ1) is 13.1. The fraction of sp³-hybridized carbons (Fsp3) is 0.455. The molecule has 2 aromatic rings. The first kappa shape index (κ1) is 18.0. The predicted octanol–water partition coefficient (Wildman–Crippen LogP) is 3.89. The van der Waals surface area contributed by atoms with Gasteiger partial charge in [-0.3, -0.25) is 9.78 Å². The Hall–Kier alpha value is -2.40. The zero-order valence-electron chi connectivity index (χ0n) is 16.2. The molecule has 2 heterocycles. The van der Waals surface area contributed by atoms with Crippen LogP contribution in [0.2, 0.25) is 0 Å². The summed E-state index contributed by atoms with van der Waals surface area (Å²) in [6.45, 7) is 6.02. The summed E-state index contributed by atoms with van der Waals surface area (Å²) in [7, 11) is 1.67. The summed E-state index contributed by atoms with van der Waals surface area (Å²) in [6.07, 6.45) is 4.51. The van der Waals surface area contributed by atoms with Crippen molar-refractivity contribution in [3.63, 3.8) is 0 Å². The number of pyridine rings is 1. The fourth-order valence-corrected chi connectivity index (χ4v) is 4.23. The smallest absolute Gasteiger partial charge is 0.181 e. The highest BCUT2D eigenvalue weighted by Gasteiger charge is 2.25. The lowest BCUT2D eigenvalue weighted by atomic mass is 9.91. The molecule has 0 spiro atoms. The molecule has 1 fully saturated rings. The minimum absolute atomic E-state index is 0.118. The van der Waals surface area contributed by atoms with E-state index in [4.69, 9.17) is 9.47 Å². The quantitative estimate of drug-likeness (QED) is 0.825. The molecule has 1 saturated heterocycles.